The maximum atomic E-state index is 5.74. The average molecular weight is 314 g/mol. The zero-order chi connectivity index (χ0) is 15.9. The highest BCUT2D eigenvalue weighted by atomic mass is 32.1. The molecule has 0 aliphatic heterocycles. The van der Waals surface area contributed by atoms with E-state index in [1.165, 1.54) is 11.1 Å². The van der Waals surface area contributed by atoms with Gasteiger partial charge in [0.15, 0.2) is 5.11 Å². The Bertz CT molecular complexity index is 608. The first-order chi connectivity index (χ1) is 10.5. The van der Waals surface area contributed by atoms with Gasteiger partial charge in [0.2, 0.25) is 0 Å². The molecule has 116 valence electrons. The number of ether oxygens (including phenoxy) is 1. The van der Waals surface area contributed by atoms with Gasteiger partial charge in [-0.1, -0.05) is 35.4 Å². The van der Waals surface area contributed by atoms with Gasteiger partial charge in [0.05, 0.1) is 6.04 Å². The molecule has 0 fully saturated rings. The SMILES string of the molecule is Cc1ccc(NC(=S)NC(C)COc2ccc(C)cc2)cc1. The van der Waals surface area contributed by atoms with Crippen LogP contribution >= 0.6 is 12.2 Å². The van der Waals surface area contributed by atoms with Crippen molar-refractivity contribution in [3.05, 3.63) is 59.7 Å². The first-order valence-electron chi connectivity index (χ1n) is 7.36. The number of nitrogens with one attached hydrogen (secondary N) is 2. The number of aryl methyl sites for hydroxylation is 2. The zero-order valence-electron chi connectivity index (χ0n) is 13.2. The predicted octanol–water partition coefficient (Wildman–Crippen LogP) is 4.06. The summed E-state index contributed by atoms with van der Waals surface area (Å²) in [7, 11) is 0. The largest absolute Gasteiger partial charge is 0.491 e. The van der Waals surface area contributed by atoms with Crippen molar-refractivity contribution in [3.63, 3.8) is 0 Å². The van der Waals surface area contributed by atoms with Gasteiger partial charge in [-0.25, -0.2) is 0 Å². The van der Waals surface area contributed by atoms with Crippen molar-refractivity contribution >= 4 is 23.0 Å². The summed E-state index contributed by atoms with van der Waals surface area (Å²) in [4.78, 5) is 0. The maximum absolute atomic E-state index is 5.74. The predicted molar refractivity (Wildman–Crippen MR) is 96.7 cm³/mol. The molecule has 0 amide bonds. The summed E-state index contributed by atoms with van der Waals surface area (Å²) < 4.78 is 5.74. The van der Waals surface area contributed by atoms with Crippen molar-refractivity contribution < 1.29 is 4.74 Å². The molecule has 4 heteroatoms. The van der Waals surface area contributed by atoms with E-state index in [0.29, 0.717) is 11.7 Å². The van der Waals surface area contributed by atoms with Crippen LogP contribution in [0.15, 0.2) is 48.5 Å². The lowest BCUT2D eigenvalue weighted by molar-refractivity contribution is 0.287. The van der Waals surface area contributed by atoms with Crippen LogP contribution in [0, 0.1) is 13.8 Å². The molecule has 0 heterocycles. The fourth-order valence-electron chi connectivity index (χ4n) is 1.93. The van der Waals surface area contributed by atoms with Crippen molar-refractivity contribution in [1.82, 2.24) is 5.32 Å². The molecule has 0 saturated carbocycles. The highest BCUT2D eigenvalue weighted by Gasteiger charge is 2.05. The molecule has 2 aromatic rings. The van der Waals surface area contributed by atoms with Crippen molar-refractivity contribution in [2.75, 3.05) is 11.9 Å². The van der Waals surface area contributed by atoms with Gasteiger partial charge in [0.25, 0.3) is 0 Å². The molecule has 1 unspecified atom stereocenters. The van der Waals surface area contributed by atoms with Crippen LogP contribution in [0.5, 0.6) is 5.75 Å². The maximum Gasteiger partial charge on any atom is 0.171 e. The topological polar surface area (TPSA) is 33.3 Å². The minimum absolute atomic E-state index is 0.117. The summed E-state index contributed by atoms with van der Waals surface area (Å²) >= 11 is 5.32. The number of hydrogen-bond donors (Lipinski definition) is 2. The van der Waals surface area contributed by atoms with Crippen molar-refractivity contribution in [2.45, 2.75) is 26.8 Å². The fraction of sp³-hybridized carbons (Fsp3) is 0.278. The van der Waals surface area contributed by atoms with Crippen LogP contribution in [0.2, 0.25) is 0 Å². The van der Waals surface area contributed by atoms with Crippen LogP contribution in [0.4, 0.5) is 5.69 Å². The van der Waals surface area contributed by atoms with Crippen LogP contribution in [0.1, 0.15) is 18.1 Å². The lowest BCUT2D eigenvalue weighted by Gasteiger charge is -2.17. The van der Waals surface area contributed by atoms with Crippen molar-refractivity contribution in [3.8, 4) is 5.75 Å². The molecule has 2 rings (SSSR count). The Morgan fingerprint density at radius 1 is 1.00 bits per heavy atom. The van der Waals surface area contributed by atoms with E-state index < -0.39 is 0 Å². The summed E-state index contributed by atoms with van der Waals surface area (Å²) in [6.07, 6.45) is 0. The number of benzene rings is 2. The van der Waals surface area contributed by atoms with Gasteiger partial charge in [0.1, 0.15) is 12.4 Å². The van der Waals surface area contributed by atoms with Gasteiger partial charge >= 0.3 is 0 Å². The molecule has 0 aliphatic carbocycles. The third kappa shape index (κ3) is 5.37. The highest BCUT2D eigenvalue weighted by molar-refractivity contribution is 7.80. The van der Waals surface area contributed by atoms with E-state index in [0.717, 1.165) is 11.4 Å². The van der Waals surface area contributed by atoms with E-state index in [2.05, 4.69) is 36.6 Å². The number of hydrogen-bond acceptors (Lipinski definition) is 2. The molecular formula is C18H22N2OS. The molecule has 0 aliphatic rings. The third-order valence-electron chi connectivity index (χ3n) is 3.21. The van der Waals surface area contributed by atoms with E-state index in [4.69, 9.17) is 17.0 Å². The quantitative estimate of drug-likeness (QED) is 0.816. The van der Waals surface area contributed by atoms with E-state index >= 15 is 0 Å². The fourth-order valence-corrected chi connectivity index (χ4v) is 2.24. The standard InChI is InChI=1S/C18H22N2OS/c1-13-4-8-16(9-5-13)20-18(22)19-15(3)12-21-17-10-6-14(2)7-11-17/h4-11,15H,12H2,1-3H3,(H2,19,20,22). The monoisotopic (exact) mass is 314 g/mol. The molecule has 1 atom stereocenters. The number of anilines is 1. The lowest BCUT2D eigenvalue weighted by atomic mass is 10.2. The lowest BCUT2D eigenvalue weighted by Crippen LogP contribution is -2.39. The number of thiocarbonyl (C=S) groups is 1. The summed E-state index contributed by atoms with van der Waals surface area (Å²) in [5, 5.41) is 6.99. The summed E-state index contributed by atoms with van der Waals surface area (Å²) in [6, 6.07) is 16.3. The van der Waals surface area contributed by atoms with Crippen LogP contribution < -0.4 is 15.4 Å². The van der Waals surface area contributed by atoms with Crippen molar-refractivity contribution in [1.29, 1.82) is 0 Å². The average Bonchev–Trinajstić information content (AvgIpc) is 2.49. The minimum Gasteiger partial charge on any atom is -0.491 e. The van der Waals surface area contributed by atoms with E-state index in [1.807, 2.05) is 43.3 Å². The Morgan fingerprint density at radius 2 is 1.55 bits per heavy atom. The van der Waals surface area contributed by atoms with Crippen LogP contribution in [0.3, 0.4) is 0 Å². The van der Waals surface area contributed by atoms with Gasteiger partial charge in [-0.05, 0) is 57.3 Å². The molecule has 0 spiro atoms. The van der Waals surface area contributed by atoms with Gasteiger partial charge in [-0.15, -0.1) is 0 Å². The van der Waals surface area contributed by atoms with Gasteiger partial charge < -0.3 is 15.4 Å². The molecule has 0 radical (unpaired) electrons. The second kappa shape index (κ2) is 7.80. The highest BCUT2D eigenvalue weighted by Crippen LogP contribution is 2.12. The molecule has 3 nitrogen and oxygen atoms in total. The second-order valence-electron chi connectivity index (χ2n) is 5.49. The Balaban J connectivity index is 1.76. The summed E-state index contributed by atoms with van der Waals surface area (Å²) in [5.74, 6) is 0.872. The molecule has 22 heavy (non-hydrogen) atoms. The Hall–Kier alpha value is -2.07. The Morgan fingerprint density at radius 3 is 2.14 bits per heavy atom. The zero-order valence-corrected chi connectivity index (χ0v) is 14.0. The second-order valence-corrected chi connectivity index (χ2v) is 5.90. The van der Waals surface area contributed by atoms with E-state index in [-0.39, 0.29) is 6.04 Å². The number of rotatable bonds is 5. The third-order valence-corrected chi connectivity index (χ3v) is 3.43. The van der Waals surface area contributed by atoms with Gasteiger partial charge in [-0.3, -0.25) is 0 Å². The van der Waals surface area contributed by atoms with Crippen molar-refractivity contribution in [2.24, 2.45) is 0 Å². The molecule has 0 saturated heterocycles. The smallest absolute Gasteiger partial charge is 0.171 e. The Labute approximate surface area is 137 Å². The molecule has 0 bridgehead atoms. The summed E-state index contributed by atoms with van der Waals surface area (Å²) in [6.45, 7) is 6.71. The molecular weight excluding hydrogens is 292 g/mol. The summed E-state index contributed by atoms with van der Waals surface area (Å²) in [5.41, 5.74) is 3.43. The van der Waals surface area contributed by atoms with E-state index in [1.54, 1.807) is 0 Å². The van der Waals surface area contributed by atoms with E-state index in [9.17, 15) is 0 Å². The van der Waals surface area contributed by atoms with Gasteiger partial charge in [0, 0.05) is 5.69 Å². The van der Waals surface area contributed by atoms with Crippen LogP contribution in [-0.2, 0) is 0 Å². The van der Waals surface area contributed by atoms with Crippen LogP contribution in [-0.4, -0.2) is 17.8 Å². The minimum atomic E-state index is 0.117. The normalized spacial score (nSPS) is 11.6. The molecule has 2 aromatic carbocycles. The first kappa shape index (κ1) is 16.3. The van der Waals surface area contributed by atoms with Gasteiger partial charge in [-0.2, -0.15) is 0 Å². The molecule has 0 aromatic heterocycles. The Kier molecular flexibility index (Phi) is 5.78. The van der Waals surface area contributed by atoms with Crippen LogP contribution in [0.25, 0.3) is 0 Å². The first-order valence-corrected chi connectivity index (χ1v) is 7.77. The molecule has 2 N–H and O–H groups in total.